The van der Waals surface area contributed by atoms with E-state index in [9.17, 15) is 13.2 Å². The van der Waals surface area contributed by atoms with Gasteiger partial charge in [0.1, 0.15) is 12.4 Å². The maximum Gasteiger partial charge on any atom is 0.420 e. The number of nitriles is 1. The summed E-state index contributed by atoms with van der Waals surface area (Å²) in [6.45, 7) is -0.0432. The van der Waals surface area contributed by atoms with E-state index in [2.05, 4.69) is 4.98 Å². The van der Waals surface area contributed by atoms with Crippen LogP contribution in [0.1, 0.15) is 16.8 Å². The lowest BCUT2D eigenvalue weighted by Crippen LogP contribution is -2.09. The van der Waals surface area contributed by atoms with Crippen LogP contribution in [0, 0.1) is 11.3 Å². The SMILES string of the molecule is N#Cc1ccc(OCc2cscn2)c(C(F)(F)F)c1. The monoisotopic (exact) mass is 284 g/mol. The van der Waals surface area contributed by atoms with Crippen molar-refractivity contribution in [3.63, 3.8) is 0 Å². The van der Waals surface area contributed by atoms with Crippen molar-refractivity contribution in [2.24, 2.45) is 0 Å². The van der Waals surface area contributed by atoms with E-state index < -0.39 is 11.7 Å². The summed E-state index contributed by atoms with van der Waals surface area (Å²) in [4.78, 5) is 3.92. The average molecular weight is 284 g/mol. The molecular formula is C12H7F3N2OS. The molecule has 0 atom stereocenters. The normalized spacial score (nSPS) is 11.1. The predicted octanol–water partition coefficient (Wildman–Crippen LogP) is 3.61. The number of hydrogen-bond donors (Lipinski definition) is 0. The van der Waals surface area contributed by atoms with Crippen molar-refractivity contribution in [3.05, 3.63) is 45.9 Å². The molecule has 3 nitrogen and oxygen atoms in total. The maximum absolute atomic E-state index is 12.8. The van der Waals surface area contributed by atoms with E-state index in [1.807, 2.05) is 0 Å². The molecule has 1 aromatic heterocycles. The number of halogens is 3. The fourth-order valence-corrected chi connectivity index (χ4v) is 1.95. The van der Waals surface area contributed by atoms with Gasteiger partial charge in [-0.3, -0.25) is 0 Å². The summed E-state index contributed by atoms with van der Waals surface area (Å²) in [5.74, 6) is -0.306. The second kappa shape index (κ2) is 5.28. The Kier molecular flexibility index (Phi) is 3.71. The van der Waals surface area contributed by atoms with Gasteiger partial charge in [0.05, 0.1) is 28.4 Å². The zero-order valence-electron chi connectivity index (χ0n) is 9.44. The molecule has 98 valence electrons. The van der Waals surface area contributed by atoms with E-state index >= 15 is 0 Å². The summed E-state index contributed by atoms with van der Waals surface area (Å²) in [7, 11) is 0. The molecule has 0 radical (unpaired) electrons. The van der Waals surface area contributed by atoms with E-state index in [4.69, 9.17) is 10.00 Å². The van der Waals surface area contributed by atoms with E-state index in [-0.39, 0.29) is 17.9 Å². The van der Waals surface area contributed by atoms with Crippen molar-refractivity contribution in [1.82, 2.24) is 4.98 Å². The molecule has 0 unspecified atom stereocenters. The second-order valence-corrected chi connectivity index (χ2v) is 4.31. The highest BCUT2D eigenvalue weighted by Gasteiger charge is 2.34. The zero-order valence-corrected chi connectivity index (χ0v) is 10.3. The minimum atomic E-state index is -4.57. The molecule has 2 rings (SSSR count). The summed E-state index contributed by atoms with van der Waals surface area (Å²) in [6, 6.07) is 4.87. The molecule has 1 heterocycles. The van der Waals surface area contributed by atoms with Gasteiger partial charge in [-0.15, -0.1) is 11.3 Å². The molecule has 0 aliphatic rings. The van der Waals surface area contributed by atoms with Crippen molar-refractivity contribution in [2.45, 2.75) is 12.8 Å². The number of alkyl halides is 3. The van der Waals surface area contributed by atoms with Gasteiger partial charge < -0.3 is 4.74 Å². The van der Waals surface area contributed by atoms with Crippen molar-refractivity contribution in [3.8, 4) is 11.8 Å². The average Bonchev–Trinajstić information content (AvgIpc) is 2.88. The third-order valence-electron chi connectivity index (χ3n) is 2.27. The highest BCUT2D eigenvalue weighted by molar-refractivity contribution is 7.07. The number of ether oxygens (including phenoxy) is 1. The summed E-state index contributed by atoms with van der Waals surface area (Å²) in [6.07, 6.45) is -4.57. The van der Waals surface area contributed by atoms with E-state index in [1.165, 1.54) is 17.4 Å². The molecule has 0 aliphatic heterocycles. The van der Waals surface area contributed by atoms with Gasteiger partial charge in [-0.05, 0) is 18.2 Å². The Morgan fingerprint density at radius 2 is 2.16 bits per heavy atom. The second-order valence-electron chi connectivity index (χ2n) is 3.59. The van der Waals surface area contributed by atoms with Crippen LogP contribution in [0.15, 0.2) is 29.1 Å². The molecule has 2 aromatic rings. The van der Waals surface area contributed by atoms with Crippen LogP contribution in [0.25, 0.3) is 0 Å². The highest BCUT2D eigenvalue weighted by Crippen LogP contribution is 2.37. The standard InChI is InChI=1S/C12H7F3N2OS/c13-12(14,15)10-3-8(4-16)1-2-11(10)18-5-9-6-19-7-17-9/h1-3,6-7H,5H2. The largest absolute Gasteiger partial charge is 0.487 e. The molecule has 0 saturated carbocycles. The molecule has 0 amide bonds. The van der Waals surface area contributed by atoms with Gasteiger partial charge >= 0.3 is 6.18 Å². The van der Waals surface area contributed by atoms with Gasteiger partial charge in [0, 0.05) is 5.38 Å². The Balaban J connectivity index is 2.27. The first-order valence-electron chi connectivity index (χ1n) is 5.12. The first-order valence-corrected chi connectivity index (χ1v) is 6.06. The first-order chi connectivity index (χ1) is 9.00. The topological polar surface area (TPSA) is 45.9 Å². The van der Waals surface area contributed by atoms with Gasteiger partial charge in [0.2, 0.25) is 0 Å². The molecule has 1 aromatic carbocycles. The van der Waals surface area contributed by atoms with Gasteiger partial charge in [0.25, 0.3) is 0 Å². The van der Waals surface area contributed by atoms with Crippen LogP contribution in [0.5, 0.6) is 5.75 Å². The van der Waals surface area contributed by atoms with Crippen molar-refractivity contribution >= 4 is 11.3 Å². The van der Waals surface area contributed by atoms with Gasteiger partial charge in [0.15, 0.2) is 0 Å². The van der Waals surface area contributed by atoms with Gasteiger partial charge in [-0.25, -0.2) is 4.98 Å². The van der Waals surface area contributed by atoms with Crippen LogP contribution in [0.3, 0.4) is 0 Å². The first kappa shape index (κ1) is 13.4. The van der Waals surface area contributed by atoms with Crippen molar-refractivity contribution in [2.75, 3.05) is 0 Å². The lowest BCUT2D eigenvalue weighted by molar-refractivity contribution is -0.139. The quantitative estimate of drug-likeness (QED) is 0.865. The van der Waals surface area contributed by atoms with E-state index in [0.717, 1.165) is 12.1 Å². The Morgan fingerprint density at radius 1 is 1.37 bits per heavy atom. The van der Waals surface area contributed by atoms with Crippen LogP contribution in [-0.2, 0) is 12.8 Å². The van der Waals surface area contributed by atoms with Crippen molar-refractivity contribution in [1.29, 1.82) is 5.26 Å². The summed E-state index contributed by atoms with van der Waals surface area (Å²) < 4.78 is 43.6. The van der Waals surface area contributed by atoms with E-state index in [0.29, 0.717) is 5.69 Å². The zero-order chi connectivity index (χ0) is 13.9. The number of nitrogens with zero attached hydrogens (tertiary/aromatic N) is 2. The minimum Gasteiger partial charge on any atom is -0.487 e. The van der Waals surface area contributed by atoms with Crippen molar-refractivity contribution < 1.29 is 17.9 Å². The van der Waals surface area contributed by atoms with Gasteiger partial charge in [-0.2, -0.15) is 18.4 Å². The third-order valence-corrected chi connectivity index (χ3v) is 2.91. The van der Waals surface area contributed by atoms with Crippen LogP contribution in [0.4, 0.5) is 13.2 Å². The van der Waals surface area contributed by atoms with Crippen LogP contribution in [0.2, 0.25) is 0 Å². The predicted molar refractivity (Wildman–Crippen MR) is 62.6 cm³/mol. The molecular weight excluding hydrogens is 277 g/mol. The van der Waals surface area contributed by atoms with Crippen LogP contribution in [-0.4, -0.2) is 4.98 Å². The third kappa shape index (κ3) is 3.23. The highest BCUT2D eigenvalue weighted by atomic mass is 32.1. The molecule has 0 N–H and O–H groups in total. The molecule has 19 heavy (non-hydrogen) atoms. The fourth-order valence-electron chi connectivity index (χ4n) is 1.41. The Bertz CT molecular complexity index is 602. The number of hydrogen-bond acceptors (Lipinski definition) is 4. The molecule has 0 bridgehead atoms. The molecule has 0 spiro atoms. The van der Waals surface area contributed by atoms with Gasteiger partial charge in [-0.1, -0.05) is 0 Å². The minimum absolute atomic E-state index is 0.0432. The van der Waals surface area contributed by atoms with Crippen LogP contribution >= 0.6 is 11.3 Å². The molecule has 0 aliphatic carbocycles. The number of aromatic nitrogens is 1. The maximum atomic E-state index is 12.8. The Hall–Kier alpha value is -2.07. The van der Waals surface area contributed by atoms with Crippen LogP contribution < -0.4 is 4.74 Å². The smallest absolute Gasteiger partial charge is 0.420 e. The number of rotatable bonds is 3. The summed E-state index contributed by atoms with van der Waals surface area (Å²) in [5, 5.41) is 10.3. The Labute approximate surface area is 110 Å². The summed E-state index contributed by atoms with van der Waals surface area (Å²) in [5.41, 5.74) is 1.11. The number of benzene rings is 1. The fraction of sp³-hybridized carbons (Fsp3) is 0.167. The molecule has 7 heteroatoms. The Morgan fingerprint density at radius 3 is 2.74 bits per heavy atom. The lowest BCUT2D eigenvalue weighted by atomic mass is 10.1. The number of thiazole rings is 1. The van der Waals surface area contributed by atoms with E-state index in [1.54, 1.807) is 17.0 Å². The lowest BCUT2D eigenvalue weighted by Gasteiger charge is -2.13. The molecule has 0 saturated heterocycles. The molecule has 0 fully saturated rings. The summed E-state index contributed by atoms with van der Waals surface area (Å²) >= 11 is 1.33.